The van der Waals surface area contributed by atoms with Crippen molar-refractivity contribution in [1.82, 2.24) is 0 Å². The van der Waals surface area contributed by atoms with Gasteiger partial charge < -0.3 is 5.73 Å². The zero-order valence-corrected chi connectivity index (χ0v) is 10.6. The van der Waals surface area contributed by atoms with Gasteiger partial charge in [-0.3, -0.25) is 9.59 Å². The van der Waals surface area contributed by atoms with Gasteiger partial charge >= 0.3 is 18.0 Å². The molecule has 0 unspecified atom stereocenters. The van der Waals surface area contributed by atoms with Crippen LogP contribution in [0.15, 0.2) is 24.3 Å². The van der Waals surface area contributed by atoms with E-state index in [0.717, 1.165) is 12.1 Å². The number of alkyl halides is 7. The van der Waals surface area contributed by atoms with Crippen molar-refractivity contribution in [2.45, 2.75) is 24.4 Å². The molecule has 0 aliphatic heterocycles. The third kappa shape index (κ3) is 3.20. The second-order valence-corrected chi connectivity index (χ2v) is 4.30. The van der Waals surface area contributed by atoms with E-state index < -0.39 is 36.0 Å². The van der Waals surface area contributed by atoms with Crippen molar-refractivity contribution < 1.29 is 40.3 Å². The molecule has 1 aromatic rings. The van der Waals surface area contributed by atoms with Crippen molar-refractivity contribution in [3.8, 4) is 0 Å². The number of halogens is 7. The molecule has 0 radical (unpaired) electrons. The summed E-state index contributed by atoms with van der Waals surface area (Å²) in [6.07, 6.45) is -8.45. The highest BCUT2D eigenvalue weighted by Crippen LogP contribution is 2.47. The summed E-state index contributed by atoms with van der Waals surface area (Å²) in [5.74, 6) is -16.8. The summed E-state index contributed by atoms with van der Waals surface area (Å²) in [4.78, 5) is 22.5. The predicted octanol–water partition coefficient (Wildman–Crippen LogP) is 3.24. The highest BCUT2D eigenvalue weighted by molar-refractivity contribution is 6.10. The summed E-state index contributed by atoms with van der Waals surface area (Å²) in [6.45, 7) is 0. The van der Waals surface area contributed by atoms with E-state index in [1.807, 2.05) is 0 Å². The van der Waals surface area contributed by atoms with E-state index in [-0.39, 0.29) is 11.3 Å². The van der Waals surface area contributed by atoms with Crippen LogP contribution in [-0.4, -0.2) is 29.6 Å². The molecular weight excluding hydrogens is 323 g/mol. The third-order valence-corrected chi connectivity index (χ3v) is 2.63. The Labute approximate surface area is 118 Å². The molecule has 0 saturated heterocycles. The van der Waals surface area contributed by atoms with E-state index in [4.69, 9.17) is 5.73 Å². The molecule has 0 aliphatic carbocycles. The quantitative estimate of drug-likeness (QED) is 0.390. The number of Topliss-reactive ketones (excluding diaryl/α,β-unsaturated/α-hetero) is 2. The Morgan fingerprint density at radius 3 is 2.00 bits per heavy atom. The molecule has 0 fully saturated rings. The molecule has 22 heavy (non-hydrogen) atoms. The highest BCUT2D eigenvalue weighted by atomic mass is 19.4. The molecule has 0 aliphatic rings. The van der Waals surface area contributed by atoms with Crippen molar-refractivity contribution in [3.63, 3.8) is 0 Å². The fourth-order valence-electron chi connectivity index (χ4n) is 1.42. The van der Waals surface area contributed by atoms with Gasteiger partial charge in [-0.15, -0.1) is 0 Å². The number of ketones is 2. The fraction of sp³-hybridized carbons (Fsp3) is 0.333. The molecule has 0 saturated carbocycles. The Balaban J connectivity index is 2.99. The van der Waals surface area contributed by atoms with Crippen molar-refractivity contribution in [2.75, 3.05) is 5.73 Å². The molecule has 0 heterocycles. The average Bonchev–Trinajstić information content (AvgIpc) is 2.36. The van der Waals surface area contributed by atoms with Gasteiger partial charge in [0.05, 0.1) is 6.42 Å². The second-order valence-electron chi connectivity index (χ2n) is 4.30. The first-order chi connectivity index (χ1) is 9.80. The zero-order valence-electron chi connectivity index (χ0n) is 10.6. The highest BCUT2D eigenvalue weighted by Gasteiger charge is 2.75. The van der Waals surface area contributed by atoms with Crippen LogP contribution in [0, 0.1) is 0 Å². The Morgan fingerprint density at radius 1 is 1.00 bits per heavy atom. The normalized spacial score (nSPS) is 13.0. The average molecular weight is 331 g/mol. The van der Waals surface area contributed by atoms with Crippen molar-refractivity contribution in [3.05, 3.63) is 29.8 Å². The van der Waals surface area contributed by atoms with Crippen LogP contribution in [-0.2, 0) is 4.79 Å². The lowest BCUT2D eigenvalue weighted by Gasteiger charge is -2.26. The van der Waals surface area contributed by atoms with Crippen LogP contribution in [0.1, 0.15) is 16.8 Å². The summed E-state index contributed by atoms with van der Waals surface area (Å²) in [6, 6.07) is 4.54. The van der Waals surface area contributed by atoms with Crippen LogP contribution in [0.4, 0.5) is 36.4 Å². The number of nitrogen functional groups attached to an aromatic ring is 1. The molecule has 1 rings (SSSR count). The van der Waals surface area contributed by atoms with Crippen LogP contribution in [0.25, 0.3) is 0 Å². The van der Waals surface area contributed by atoms with Gasteiger partial charge in [0.2, 0.25) is 5.78 Å². The summed E-state index contributed by atoms with van der Waals surface area (Å²) in [5, 5.41) is 0. The first-order valence-electron chi connectivity index (χ1n) is 5.55. The lowest BCUT2D eigenvalue weighted by molar-refractivity contribution is -0.343. The Hall–Kier alpha value is -2.13. The van der Waals surface area contributed by atoms with Gasteiger partial charge in [0, 0.05) is 11.3 Å². The number of carbonyl (C=O) groups excluding carboxylic acids is 2. The SMILES string of the molecule is Nc1cccc(C(=O)CC(=O)C(F)(F)C(F)(F)C(F)(F)F)c1. The largest absolute Gasteiger partial charge is 0.460 e. The van der Waals surface area contributed by atoms with E-state index in [2.05, 4.69) is 0 Å². The number of nitrogens with two attached hydrogens (primary N) is 1. The zero-order chi connectivity index (χ0) is 17.3. The van der Waals surface area contributed by atoms with Crippen LogP contribution in [0.5, 0.6) is 0 Å². The maximum absolute atomic E-state index is 13.0. The first kappa shape index (κ1) is 17.9. The smallest absolute Gasteiger partial charge is 0.399 e. The predicted molar refractivity (Wildman–Crippen MR) is 60.8 cm³/mol. The molecule has 1 aromatic carbocycles. The van der Waals surface area contributed by atoms with Crippen molar-refractivity contribution in [1.29, 1.82) is 0 Å². The monoisotopic (exact) mass is 331 g/mol. The lowest BCUT2D eigenvalue weighted by Crippen LogP contribution is -2.56. The molecule has 0 atom stereocenters. The first-order valence-corrected chi connectivity index (χ1v) is 5.55. The topological polar surface area (TPSA) is 60.2 Å². The number of hydrogen-bond acceptors (Lipinski definition) is 3. The maximum Gasteiger partial charge on any atom is 0.460 e. The van der Waals surface area contributed by atoms with E-state index in [1.165, 1.54) is 12.1 Å². The summed E-state index contributed by atoms with van der Waals surface area (Å²) in [7, 11) is 0. The third-order valence-electron chi connectivity index (χ3n) is 2.63. The molecular formula is C12H8F7NO2. The Kier molecular flexibility index (Phi) is 4.54. The van der Waals surface area contributed by atoms with Crippen molar-refractivity contribution in [2.24, 2.45) is 0 Å². The minimum atomic E-state index is -6.63. The molecule has 10 heteroatoms. The minimum Gasteiger partial charge on any atom is -0.399 e. The van der Waals surface area contributed by atoms with Gasteiger partial charge in [0.15, 0.2) is 5.78 Å². The van der Waals surface area contributed by atoms with E-state index in [9.17, 15) is 40.3 Å². The molecule has 122 valence electrons. The van der Waals surface area contributed by atoms with Crippen LogP contribution >= 0.6 is 0 Å². The number of hydrogen-bond donors (Lipinski definition) is 1. The lowest BCUT2D eigenvalue weighted by atomic mass is 9.99. The fourth-order valence-corrected chi connectivity index (χ4v) is 1.42. The molecule has 0 bridgehead atoms. The Bertz CT molecular complexity index is 595. The second kappa shape index (κ2) is 5.58. The van der Waals surface area contributed by atoms with Crippen LogP contribution in [0.3, 0.4) is 0 Å². The van der Waals surface area contributed by atoms with Gasteiger partial charge in [-0.1, -0.05) is 12.1 Å². The summed E-state index contributed by atoms with van der Waals surface area (Å²) in [5.41, 5.74) is 4.94. The number of benzene rings is 1. The van der Waals surface area contributed by atoms with Crippen LogP contribution in [0.2, 0.25) is 0 Å². The number of carbonyl (C=O) groups is 2. The van der Waals surface area contributed by atoms with Gasteiger partial charge in [0.25, 0.3) is 0 Å². The standard InChI is InChI=1S/C12H8F7NO2/c13-10(14,11(15,16)12(17,18)19)9(22)5-8(21)6-2-1-3-7(20)4-6/h1-4H,5,20H2. The van der Waals surface area contributed by atoms with Gasteiger partial charge in [-0.2, -0.15) is 30.7 Å². The number of rotatable bonds is 5. The van der Waals surface area contributed by atoms with Gasteiger partial charge in [-0.05, 0) is 12.1 Å². The van der Waals surface area contributed by atoms with Crippen LogP contribution < -0.4 is 5.73 Å². The van der Waals surface area contributed by atoms with E-state index >= 15 is 0 Å². The summed E-state index contributed by atoms with van der Waals surface area (Å²) < 4.78 is 87.2. The van der Waals surface area contributed by atoms with E-state index in [0.29, 0.717) is 0 Å². The molecule has 3 nitrogen and oxygen atoms in total. The molecule has 2 N–H and O–H groups in total. The number of anilines is 1. The molecule has 0 aromatic heterocycles. The van der Waals surface area contributed by atoms with Crippen molar-refractivity contribution >= 4 is 17.3 Å². The minimum absolute atomic E-state index is 0.0191. The molecule has 0 spiro atoms. The van der Waals surface area contributed by atoms with Gasteiger partial charge in [0.1, 0.15) is 0 Å². The molecule has 0 amide bonds. The summed E-state index contributed by atoms with van der Waals surface area (Å²) >= 11 is 0. The Morgan fingerprint density at radius 2 is 1.55 bits per heavy atom. The van der Waals surface area contributed by atoms with Gasteiger partial charge in [-0.25, -0.2) is 0 Å². The van der Waals surface area contributed by atoms with E-state index in [1.54, 1.807) is 0 Å². The maximum atomic E-state index is 13.0.